The molecular weight excluding hydrogens is 253 g/mol. The van der Waals surface area contributed by atoms with Gasteiger partial charge in [-0.05, 0) is 30.9 Å². The Morgan fingerprint density at radius 2 is 2.00 bits per heavy atom. The highest BCUT2D eigenvalue weighted by atomic mass is 19.1. The van der Waals surface area contributed by atoms with E-state index >= 15 is 0 Å². The van der Waals surface area contributed by atoms with E-state index in [2.05, 4.69) is 24.1 Å². The van der Waals surface area contributed by atoms with Gasteiger partial charge >= 0.3 is 0 Å². The van der Waals surface area contributed by atoms with E-state index in [0.29, 0.717) is 12.0 Å². The van der Waals surface area contributed by atoms with Crippen LogP contribution in [0.2, 0.25) is 0 Å². The van der Waals surface area contributed by atoms with Gasteiger partial charge in [-0.2, -0.15) is 0 Å². The summed E-state index contributed by atoms with van der Waals surface area (Å²) in [5, 5.41) is 3.61. The SMILES string of the molecule is CC(C)c1nc2ccc(F)cn2c1NC1CCCCC1. The van der Waals surface area contributed by atoms with E-state index in [4.69, 9.17) is 0 Å². The molecule has 1 N–H and O–H groups in total. The van der Waals surface area contributed by atoms with Crippen molar-refractivity contribution in [2.24, 2.45) is 0 Å². The number of rotatable bonds is 3. The van der Waals surface area contributed by atoms with Gasteiger partial charge in [0.2, 0.25) is 0 Å². The van der Waals surface area contributed by atoms with Gasteiger partial charge in [0.05, 0.1) is 5.69 Å². The maximum Gasteiger partial charge on any atom is 0.140 e. The lowest BCUT2D eigenvalue weighted by Crippen LogP contribution is -2.23. The minimum Gasteiger partial charge on any atom is -0.367 e. The van der Waals surface area contributed by atoms with Crippen LogP contribution in [0, 0.1) is 5.82 Å². The predicted molar refractivity (Wildman–Crippen MR) is 79.7 cm³/mol. The van der Waals surface area contributed by atoms with Crippen LogP contribution in [0.5, 0.6) is 0 Å². The van der Waals surface area contributed by atoms with Gasteiger partial charge in [-0.25, -0.2) is 9.37 Å². The van der Waals surface area contributed by atoms with Crippen molar-refractivity contribution >= 4 is 11.5 Å². The lowest BCUT2D eigenvalue weighted by Gasteiger charge is -2.24. The summed E-state index contributed by atoms with van der Waals surface area (Å²) in [6.45, 7) is 4.26. The molecule has 0 amide bonds. The first-order valence-electron chi connectivity index (χ1n) is 7.59. The third kappa shape index (κ3) is 2.51. The van der Waals surface area contributed by atoms with Gasteiger partial charge in [0.25, 0.3) is 0 Å². The molecule has 3 rings (SSSR count). The van der Waals surface area contributed by atoms with Crippen LogP contribution < -0.4 is 5.32 Å². The topological polar surface area (TPSA) is 29.3 Å². The highest BCUT2D eigenvalue weighted by molar-refractivity contribution is 5.56. The molecule has 2 aromatic heterocycles. The first-order valence-corrected chi connectivity index (χ1v) is 7.59. The van der Waals surface area contributed by atoms with Crippen molar-refractivity contribution < 1.29 is 4.39 Å². The molecule has 0 saturated heterocycles. The predicted octanol–water partition coefficient (Wildman–Crippen LogP) is 4.34. The third-order valence-electron chi connectivity index (χ3n) is 4.10. The normalized spacial score (nSPS) is 17.0. The maximum atomic E-state index is 13.5. The number of imidazole rings is 1. The number of halogens is 1. The standard InChI is InChI=1S/C16H22FN3/c1-11(2)15-16(18-13-6-4-3-5-7-13)20-10-12(17)8-9-14(20)19-15/h8-11,13,18H,3-7H2,1-2H3. The lowest BCUT2D eigenvalue weighted by molar-refractivity contribution is 0.461. The van der Waals surface area contributed by atoms with Gasteiger partial charge in [0.1, 0.15) is 17.3 Å². The molecule has 1 fully saturated rings. The number of hydrogen-bond donors (Lipinski definition) is 1. The maximum absolute atomic E-state index is 13.5. The summed E-state index contributed by atoms with van der Waals surface area (Å²) in [6, 6.07) is 3.70. The second kappa shape index (κ2) is 5.43. The van der Waals surface area contributed by atoms with Crippen molar-refractivity contribution in [2.75, 3.05) is 5.32 Å². The number of aromatic nitrogens is 2. The van der Waals surface area contributed by atoms with Gasteiger partial charge in [-0.3, -0.25) is 4.40 Å². The third-order valence-corrected chi connectivity index (χ3v) is 4.10. The fourth-order valence-corrected chi connectivity index (χ4v) is 3.02. The van der Waals surface area contributed by atoms with Crippen molar-refractivity contribution in [3.63, 3.8) is 0 Å². The number of nitrogens with one attached hydrogen (secondary N) is 1. The van der Waals surface area contributed by atoms with Crippen LogP contribution in [0.3, 0.4) is 0 Å². The van der Waals surface area contributed by atoms with E-state index in [1.165, 1.54) is 44.4 Å². The second-order valence-corrected chi connectivity index (χ2v) is 6.06. The number of nitrogens with zero attached hydrogens (tertiary/aromatic N) is 2. The van der Waals surface area contributed by atoms with Crippen LogP contribution in [0.4, 0.5) is 10.2 Å². The summed E-state index contributed by atoms with van der Waals surface area (Å²) in [4.78, 5) is 4.65. The van der Waals surface area contributed by atoms with E-state index in [1.807, 2.05) is 4.40 Å². The summed E-state index contributed by atoms with van der Waals surface area (Å²) < 4.78 is 15.4. The molecule has 0 aliphatic heterocycles. The van der Waals surface area contributed by atoms with Crippen LogP contribution in [0.15, 0.2) is 18.3 Å². The first kappa shape index (κ1) is 13.4. The fourth-order valence-electron chi connectivity index (χ4n) is 3.02. The summed E-state index contributed by atoms with van der Waals surface area (Å²) >= 11 is 0. The summed E-state index contributed by atoms with van der Waals surface area (Å²) in [5.41, 5.74) is 1.84. The minimum absolute atomic E-state index is 0.225. The number of anilines is 1. The zero-order valence-electron chi connectivity index (χ0n) is 12.2. The largest absolute Gasteiger partial charge is 0.367 e. The molecule has 3 nitrogen and oxygen atoms in total. The van der Waals surface area contributed by atoms with E-state index in [1.54, 1.807) is 6.07 Å². The van der Waals surface area contributed by atoms with Crippen molar-refractivity contribution in [1.29, 1.82) is 0 Å². The molecule has 0 unspecified atom stereocenters. The number of pyridine rings is 1. The molecule has 20 heavy (non-hydrogen) atoms. The molecule has 0 bridgehead atoms. The molecule has 1 aliphatic rings. The van der Waals surface area contributed by atoms with Crippen LogP contribution >= 0.6 is 0 Å². The van der Waals surface area contributed by atoms with Crippen LogP contribution in [0.25, 0.3) is 5.65 Å². The van der Waals surface area contributed by atoms with Crippen molar-refractivity contribution in [3.05, 3.63) is 29.8 Å². The average Bonchev–Trinajstić information content (AvgIpc) is 2.78. The second-order valence-electron chi connectivity index (χ2n) is 6.06. The Bertz CT molecular complexity index is 597. The molecule has 0 aromatic carbocycles. The Balaban J connectivity index is 2.01. The van der Waals surface area contributed by atoms with Crippen molar-refractivity contribution in [1.82, 2.24) is 9.38 Å². The van der Waals surface area contributed by atoms with E-state index < -0.39 is 0 Å². The fraction of sp³-hybridized carbons (Fsp3) is 0.562. The molecule has 2 aromatic rings. The average molecular weight is 275 g/mol. The molecular formula is C16H22FN3. The molecule has 1 aliphatic carbocycles. The Hall–Kier alpha value is -1.58. The Morgan fingerprint density at radius 1 is 1.25 bits per heavy atom. The van der Waals surface area contributed by atoms with Gasteiger partial charge in [-0.15, -0.1) is 0 Å². The molecule has 0 radical (unpaired) electrons. The van der Waals surface area contributed by atoms with Crippen LogP contribution in [0.1, 0.15) is 57.6 Å². The Labute approximate surface area is 119 Å². The van der Waals surface area contributed by atoms with Crippen LogP contribution in [-0.2, 0) is 0 Å². The number of fused-ring (bicyclic) bond motifs is 1. The van der Waals surface area contributed by atoms with Gasteiger partial charge in [-0.1, -0.05) is 33.1 Å². The first-order chi connectivity index (χ1) is 9.65. The molecule has 1 saturated carbocycles. The van der Waals surface area contributed by atoms with Gasteiger partial charge in [0.15, 0.2) is 0 Å². The van der Waals surface area contributed by atoms with Gasteiger partial charge < -0.3 is 5.32 Å². The Morgan fingerprint density at radius 3 is 2.70 bits per heavy atom. The zero-order valence-corrected chi connectivity index (χ0v) is 12.2. The van der Waals surface area contributed by atoms with E-state index in [9.17, 15) is 4.39 Å². The molecule has 108 valence electrons. The molecule has 4 heteroatoms. The monoisotopic (exact) mass is 275 g/mol. The minimum atomic E-state index is -0.225. The Kier molecular flexibility index (Phi) is 3.64. The summed E-state index contributed by atoms with van der Waals surface area (Å²) in [7, 11) is 0. The highest BCUT2D eigenvalue weighted by Gasteiger charge is 2.20. The zero-order chi connectivity index (χ0) is 14.1. The van der Waals surface area contributed by atoms with Crippen LogP contribution in [-0.4, -0.2) is 15.4 Å². The van der Waals surface area contributed by atoms with Crippen molar-refractivity contribution in [3.8, 4) is 0 Å². The number of hydrogen-bond acceptors (Lipinski definition) is 2. The quantitative estimate of drug-likeness (QED) is 0.902. The summed E-state index contributed by atoms with van der Waals surface area (Å²) in [5.74, 6) is 1.07. The molecule has 0 spiro atoms. The lowest BCUT2D eigenvalue weighted by atomic mass is 9.95. The van der Waals surface area contributed by atoms with E-state index in [-0.39, 0.29) is 5.82 Å². The molecule has 0 atom stereocenters. The summed E-state index contributed by atoms with van der Waals surface area (Å²) in [6.07, 6.45) is 7.80. The van der Waals surface area contributed by atoms with Crippen molar-refractivity contribution in [2.45, 2.75) is 57.9 Å². The van der Waals surface area contributed by atoms with E-state index in [0.717, 1.165) is 17.2 Å². The highest BCUT2D eigenvalue weighted by Crippen LogP contribution is 2.29. The smallest absolute Gasteiger partial charge is 0.140 e. The molecule has 2 heterocycles. The van der Waals surface area contributed by atoms with Gasteiger partial charge in [0, 0.05) is 12.2 Å².